The third kappa shape index (κ3) is 4.16. The van der Waals surface area contributed by atoms with Gasteiger partial charge in [0, 0.05) is 19.3 Å². The number of pyridine rings is 1. The predicted octanol–water partition coefficient (Wildman–Crippen LogP) is 1.50. The second kappa shape index (κ2) is 6.24. The molecular weight excluding hydrogens is 190 g/mol. The number of hydrogen-bond donors (Lipinski definition) is 2. The van der Waals surface area contributed by atoms with Crippen LogP contribution in [-0.4, -0.2) is 31.2 Å². The molecule has 0 unspecified atom stereocenters. The minimum Gasteiger partial charge on any atom is -0.487 e. The molecule has 15 heavy (non-hydrogen) atoms. The van der Waals surface area contributed by atoms with E-state index in [0.717, 1.165) is 24.7 Å². The fraction of sp³-hybridized carbons (Fsp3) is 0.545. The van der Waals surface area contributed by atoms with Crippen molar-refractivity contribution in [3.63, 3.8) is 0 Å². The van der Waals surface area contributed by atoms with E-state index in [9.17, 15) is 0 Å². The van der Waals surface area contributed by atoms with Gasteiger partial charge in [-0.1, -0.05) is 0 Å². The van der Waals surface area contributed by atoms with Gasteiger partial charge in [0.2, 0.25) is 0 Å². The van der Waals surface area contributed by atoms with Gasteiger partial charge in [0.05, 0.1) is 6.10 Å². The molecule has 0 atom stereocenters. The smallest absolute Gasteiger partial charge is 0.168 e. The molecule has 0 bridgehead atoms. The molecule has 0 saturated carbocycles. The van der Waals surface area contributed by atoms with E-state index >= 15 is 0 Å². The SMILES string of the molecule is CNCCNc1ncccc1OC(C)C. The first-order chi connectivity index (χ1) is 7.24. The highest BCUT2D eigenvalue weighted by Crippen LogP contribution is 2.21. The summed E-state index contributed by atoms with van der Waals surface area (Å²) in [4.78, 5) is 4.24. The first-order valence-electron chi connectivity index (χ1n) is 5.24. The van der Waals surface area contributed by atoms with Gasteiger partial charge in [-0.25, -0.2) is 4.98 Å². The normalized spacial score (nSPS) is 10.4. The van der Waals surface area contributed by atoms with Gasteiger partial charge in [0.15, 0.2) is 11.6 Å². The van der Waals surface area contributed by atoms with E-state index in [1.54, 1.807) is 6.20 Å². The van der Waals surface area contributed by atoms with Gasteiger partial charge in [-0.2, -0.15) is 0 Å². The third-order valence-corrected chi connectivity index (χ3v) is 1.80. The third-order valence-electron chi connectivity index (χ3n) is 1.80. The quantitative estimate of drug-likeness (QED) is 0.697. The summed E-state index contributed by atoms with van der Waals surface area (Å²) in [5.41, 5.74) is 0. The summed E-state index contributed by atoms with van der Waals surface area (Å²) in [6.07, 6.45) is 1.92. The number of ether oxygens (including phenoxy) is 1. The van der Waals surface area contributed by atoms with Crippen LogP contribution in [0.4, 0.5) is 5.82 Å². The highest BCUT2D eigenvalue weighted by Gasteiger charge is 2.04. The first-order valence-corrected chi connectivity index (χ1v) is 5.24. The molecule has 0 aliphatic carbocycles. The molecule has 1 heterocycles. The fourth-order valence-corrected chi connectivity index (χ4v) is 1.18. The Kier molecular flexibility index (Phi) is 4.90. The lowest BCUT2D eigenvalue weighted by Gasteiger charge is -2.14. The van der Waals surface area contributed by atoms with Gasteiger partial charge < -0.3 is 15.4 Å². The molecule has 0 aromatic carbocycles. The van der Waals surface area contributed by atoms with Crippen LogP contribution in [0, 0.1) is 0 Å². The molecule has 2 N–H and O–H groups in total. The summed E-state index contributed by atoms with van der Waals surface area (Å²) in [6.45, 7) is 5.74. The van der Waals surface area contributed by atoms with E-state index in [1.165, 1.54) is 0 Å². The van der Waals surface area contributed by atoms with Gasteiger partial charge >= 0.3 is 0 Å². The Balaban J connectivity index is 2.60. The zero-order valence-electron chi connectivity index (χ0n) is 9.58. The summed E-state index contributed by atoms with van der Waals surface area (Å²) in [5.74, 6) is 1.62. The Morgan fingerprint density at radius 1 is 1.40 bits per heavy atom. The van der Waals surface area contributed by atoms with Crippen molar-refractivity contribution in [2.75, 3.05) is 25.5 Å². The molecule has 0 amide bonds. The van der Waals surface area contributed by atoms with Gasteiger partial charge in [-0.05, 0) is 33.0 Å². The molecule has 84 valence electrons. The average molecular weight is 209 g/mol. The maximum atomic E-state index is 5.63. The van der Waals surface area contributed by atoms with E-state index < -0.39 is 0 Å². The second-order valence-corrected chi connectivity index (χ2v) is 3.55. The molecule has 0 aliphatic rings. The maximum absolute atomic E-state index is 5.63. The van der Waals surface area contributed by atoms with Crippen LogP contribution >= 0.6 is 0 Å². The molecule has 0 radical (unpaired) electrons. The Hall–Kier alpha value is -1.29. The number of likely N-dealkylation sites (N-methyl/N-ethyl adjacent to an activating group) is 1. The van der Waals surface area contributed by atoms with Crippen LogP contribution in [0.3, 0.4) is 0 Å². The predicted molar refractivity (Wildman–Crippen MR) is 62.4 cm³/mol. The zero-order valence-corrected chi connectivity index (χ0v) is 9.58. The number of nitrogens with one attached hydrogen (secondary N) is 2. The first kappa shape index (κ1) is 11.8. The lowest BCUT2D eigenvalue weighted by Crippen LogP contribution is -2.19. The van der Waals surface area contributed by atoms with E-state index in [-0.39, 0.29) is 6.10 Å². The molecule has 0 saturated heterocycles. The topological polar surface area (TPSA) is 46.2 Å². The minimum atomic E-state index is 0.166. The fourth-order valence-electron chi connectivity index (χ4n) is 1.18. The number of nitrogens with zero attached hydrogens (tertiary/aromatic N) is 1. The number of hydrogen-bond acceptors (Lipinski definition) is 4. The number of rotatable bonds is 6. The van der Waals surface area contributed by atoms with Crippen LogP contribution in [0.25, 0.3) is 0 Å². The lowest BCUT2D eigenvalue weighted by molar-refractivity contribution is 0.243. The molecular formula is C11H19N3O. The van der Waals surface area contributed by atoms with Crippen LogP contribution < -0.4 is 15.4 Å². The van der Waals surface area contributed by atoms with Crippen molar-refractivity contribution in [2.24, 2.45) is 0 Å². The molecule has 4 nitrogen and oxygen atoms in total. The van der Waals surface area contributed by atoms with E-state index in [2.05, 4.69) is 15.6 Å². The van der Waals surface area contributed by atoms with Crippen LogP contribution in [0.2, 0.25) is 0 Å². The summed E-state index contributed by atoms with van der Waals surface area (Å²) in [5, 5.41) is 6.29. The molecule has 0 fully saturated rings. The Labute approximate surface area is 91.1 Å². The van der Waals surface area contributed by atoms with Crippen molar-refractivity contribution in [2.45, 2.75) is 20.0 Å². The minimum absolute atomic E-state index is 0.166. The highest BCUT2D eigenvalue weighted by molar-refractivity contribution is 5.49. The Morgan fingerprint density at radius 2 is 2.20 bits per heavy atom. The Bertz CT molecular complexity index is 289. The van der Waals surface area contributed by atoms with E-state index in [1.807, 2.05) is 33.0 Å². The zero-order chi connectivity index (χ0) is 11.1. The van der Waals surface area contributed by atoms with Crippen LogP contribution in [0.1, 0.15) is 13.8 Å². The molecule has 0 spiro atoms. The molecule has 0 aliphatic heterocycles. The standard InChI is InChI=1S/C11H19N3O/c1-9(2)15-10-5-4-6-13-11(10)14-8-7-12-3/h4-6,9,12H,7-8H2,1-3H3,(H,13,14). The van der Waals surface area contributed by atoms with Crippen molar-refractivity contribution in [3.8, 4) is 5.75 Å². The lowest BCUT2D eigenvalue weighted by atomic mass is 10.4. The van der Waals surface area contributed by atoms with Gasteiger partial charge in [-0.3, -0.25) is 0 Å². The largest absolute Gasteiger partial charge is 0.487 e. The summed E-state index contributed by atoms with van der Waals surface area (Å²) in [7, 11) is 1.92. The highest BCUT2D eigenvalue weighted by atomic mass is 16.5. The van der Waals surface area contributed by atoms with Crippen molar-refractivity contribution in [3.05, 3.63) is 18.3 Å². The molecule has 4 heteroatoms. The summed E-state index contributed by atoms with van der Waals surface area (Å²) >= 11 is 0. The summed E-state index contributed by atoms with van der Waals surface area (Å²) in [6, 6.07) is 3.80. The van der Waals surface area contributed by atoms with Crippen molar-refractivity contribution >= 4 is 5.82 Å². The number of aromatic nitrogens is 1. The van der Waals surface area contributed by atoms with Crippen molar-refractivity contribution < 1.29 is 4.74 Å². The van der Waals surface area contributed by atoms with Crippen LogP contribution in [0.15, 0.2) is 18.3 Å². The van der Waals surface area contributed by atoms with Gasteiger partial charge in [0.1, 0.15) is 0 Å². The maximum Gasteiger partial charge on any atom is 0.168 e. The number of anilines is 1. The van der Waals surface area contributed by atoms with Gasteiger partial charge in [-0.15, -0.1) is 0 Å². The van der Waals surface area contributed by atoms with E-state index in [4.69, 9.17) is 4.74 Å². The molecule has 1 aromatic rings. The van der Waals surface area contributed by atoms with E-state index in [0.29, 0.717) is 0 Å². The van der Waals surface area contributed by atoms with Crippen molar-refractivity contribution in [1.82, 2.24) is 10.3 Å². The van der Waals surface area contributed by atoms with Crippen LogP contribution in [0.5, 0.6) is 5.75 Å². The monoisotopic (exact) mass is 209 g/mol. The summed E-state index contributed by atoms with van der Waals surface area (Å²) < 4.78 is 5.63. The van der Waals surface area contributed by atoms with Crippen molar-refractivity contribution in [1.29, 1.82) is 0 Å². The van der Waals surface area contributed by atoms with Crippen LogP contribution in [-0.2, 0) is 0 Å². The average Bonchev–Trinajstić information content (AvgIpc) is 2.20. The Morgan fingerprint density at radius 3 is 2.87 bits per heavy atom. The second-order valence-electron chi connectivity index (χ2n) is 3.55. The molecule has 1 aromatic heterocycles. The van der Waals surface area contributed by atoms with Gasteiger partial charge in [0.25, 0.3) is 0 Å². The molecule has 1 rings (SSSR count).